The van der Waals surface area contributed by atoms with E-state index in [9.17, 15) is 9.59 Å². The van der Waals surface area contributed by atoms with Gasteiger partial charge in [-0.2, -0.15) is 0 Å². The minimum Gasteiger partial charge on any atom is -0.465 e. The van der Waals surface area contributed by atoms with Gasteiger partial charge in [-0.05, 0) is 83.0 Å². The van der Waals surface area contributed by atoms with E-state index in [1.54, 1.807) is 0 Å². The number of carbonyl (C=O) groups is 2. The van der Waals surface area contributed by atoms with Gasteiger partial charge >= 0.3 is 11.9 Å². The summed E-state index contributed by atoms with van der Waals surface area (Å²) in [6.45, 7) is 9.50. The highest BCUT2D eigenvalue weighted by Gasteiger charge is 2.14. The van der Waals surface area contributed by atoms with Gasteiger partial charge in [-0.15, -0.1) is 0 Å². The summed E-state index contributed by atoms with van der Waals surface area (Å²) in [6, 6.07) is 0. The molecule has 282 valence electrons. The fourth-order valence-corrected chi connectivity index (χ4v) is 6.27. The Morgan fingerprint density at radius 3 is 1.50 bits per heavy atom. The molecule has 0 bridgehead atoms. The van der Waals surface area contributed by atoms with Gasteiger partial charge < -0.3 is 9.47 Å². The number of hydrogen-bond acceptors (Lipinski definition) is 4. The fraction of sp³-hybridized carbons (Fsp3) is 0.864. The summed E-state index contributed by atoms with van der Waals surface area (Å²) in [6.07, 6.45) is 44.7. The molecule has 0 aromatic carbocycles. The van der Waals surface area contributed by atoms with Gasteiger partial charge in [0, 0.05) is 12.8 Å². The van der Waals surface area contributed by atoms with Crippen molar-refractivity contribution in [3.8, 4) is 0 Å². The second-order valence-electron chi connectivity index (χ2n) is 14.4. The number of esters is 2. The first-order valence-corrected chi connectivity index (χ1v) is 21.2. The molecule has 0 heterocycles. The standard InChI is InChI=1S/C44H82O4/c1-5-9-12-14-15-16-17-18-19-20-21-22-27-30-34-39-44(46)48-42(36-31-13-10-6-2)37-32-28-25-23-24-26-29-33-38-43(45)47-40-41(8-4)35-11-7-3/h15-16,18-19,41-42H,5-14,17,20-40H2,1-4H3. The van der Waals surface area contributed by atoms with E-state index in [1.807, 2.05) is 0 Å². The average molecular weight is 675 g/mol. The van der Waals surface area contributed by atoms with E-state index in [0.29, 0.717) is 25.4 Å². The van der Waals surface area contributed by atoms with E-state index >= 15 is 0 Å². The number of unbranched alkanes of at least 4 members (excludes halogenated alkanes) is 19. The molecule has 0 aromatic heterocycles. The molecule has 4 nitrogen and oxygen atoms in total. The molecule has 0 aliphatic rings. The molecule has 0 saturated carbocycles. The van der Waals surface area contributed by atoms with Crippen LogP contribution in [0.1, 0.15) is 227 Å². The summed E-state index contributed by atoms with van der Waals surface area (Å²) in [7, 11) is 0. The van der Waals surface area contributed by atoms with Crippen LogP contribution >= 0.6 is 0 Å². The minimum atomic E-state index is -0.0130. The lowest BCUT2D eigenvalue weighted by Gasteiger charge is -2.18. The van der Waals surface area contributed by atoms with Crippen LogP contribution in [0, 0.1) is 5.92 Å². The van der Waals surface area contributed by atoms with Crippen LogP contribution in [0.3, 0.4) is 0 Å². The Kier molecular flexibility index (Phi) is 37.0. The molecular formula is C44H82O4. The zero-order valence-corrected chi connectivity index (χ0v) is 32.7. The normalized spacial score (nSPS) is 13.0. The Labute approximate surface area is 300 Å². The molecule has 0 amide bonds. The monoisotopic (exact) mass is 675 g/mol. The quantitative estimate of drug-likeness (QED) is 0.0374. The van der Waals surface area contributed by atoms with Crippen molar-refractivity contribution in [3.63, 3.8) is 0 Å². The van der Waals surface area contributed by atoms with Crippen LogP contribution in [-0.4, -0.2) is 24.6 Å². The van der Waals surface area contributed by atoms with E-state index in [2.05, 4.69) is 52.0 Å². The van der Waals surface area contributed by atoms with Crippen LogP contribution in [0.2, 0.25) is 0 Å². The van der Waals surface area contributed by atoms with Crippen LogP contribution in [0.25, 0.3) is 0 Å². The maximum Gasteiger partial charge on any atom is 0.306 e. The molecule has 2 unspecified atom stereocenters. The Morgan fingerprint density at radius 2 is 0.938 bits per heavy atom. The Bertz CT molecular complexity index is 742. The molecule has 0 saturated heterocycles. The number of allylic oxidation sites excluding steroid dienone is 4. The first-order chi connectivity index (χ1) is 23.6. The molecule has 0 spiro atoms. The second kappa shape index (κ2) is 38.2. The van der Waals surface area contributed by atoms with Crippen LogP contribution < -0.4 is 0 Å². The summed E-state index contributed by atoms with van der Waals surface area (Å²) < 4.78 is 11.5. The average Bonchev–Trinajstić information content (AvgIpc) is 3.09. The molecule has 48 heavy (non-hydrogen) atoms. The Hall–Kier alpha value is -1.58. The zero-order chi connectivity index (χ0) is 35.2. The van der Waals surface area contributed by atoms with Gasteiger partial charge in [0.15, 0.2) is 0 Å². The summed E-state index contributed by atoms with van der Waals surface area (Å²) in [5.41, 5.74) is 0. The van der Waals surface area contributed by atoms with Crippen molar-refractivity contribution in [2.45, 2.75) is 233 Å². The molecular weight excluding hydrogens is 592 g/mol. The molecule has 0 rings (SSSR count). The summed E-state index contributed by atoms with van der Waals surface area (Å²) in [5.74, 6) is 0.533. The molecule has 0 aliphatic heterocycles. The predicted molar refractivity (Wildman–Crippen MR) is 208 cm³/mol. The van der Waals surface area contributed by atoms with E-state index in [-0.39, 0.29) is 18.0 Å². The lowest BCUT2D eigenvalue weighted by atomic mass is 10.0. The van der Waals surface area contributed by atoms with Crippen LogP contribution in [-0.2, 0) is 19.1 Å². The number of hydrogen-bond donors (Lipinski definition) is 0. The fourth-order valence-electron chi connectivity index (χ4n) is 6.27. The Balaban J connectivity index is 3.92. The Morgan fingerprint density at radius 1 is 0.479 bits per heavy atom. The molecule has 0 N–H and O–H groups in total. The molecule has 4 heteroatoms. The SMILES string of the molecule is CCCCCC=CCC=CCCCCCCCC(=O)OC(CCCCCC)CCCCCCCCCCC(=O)OCC(CC)CCCC. The maximum absolute atomic E-state index is 12.6. The van der Waals surface area contributed by atoms with Crippen LogP contribution in [0.5, 0.6) is 0 Å². The second-order valence-corrected chi connectivity index (χ2v) is 14.4. The van der Waals surface area contributed by atoms with Crippen LogP contribution in [0.15, 0.2) is 24.3 Å². The van der Waals surface area contributed by atoms with Crippen LogP contribution in [0.4, 0.5) is 0 Å². The molecule has 0 aliphatic carbocycles. The first-order valence-electron chi connectivity index (χ1n) is 21.2. The first kappa shape index (κ1) is 46.4. The van der Waals surface area contributed by atoms with Gasteiger partial charge in [0.2, 0.25) is 0 Å². The van der Waals surface area contributed by atoms with Gasteiger partial charge in [0.1, 0.15) is 6.10 Å². The number of carbonyl (C=O) groups excluding carboxylic acids is 2. The molecule has 0 fully saturated rings. The van der Waals surface area contributed by atoms with Crippen molar-refractivity contribution in [2.75, 3.05) is 6.61 Å². The zero-order valence-electron chi connectivity index (χ0n) is 32.7. The van der Waals surface area contributed by atoms with Gasteiger partial charge in [-0.25, -0.2) is 0 Å². The third-order valence-corrected chi connectivity index (χ3v) is 9.69. The third-order valence-electron chi connectivity index (χ3n) is 9.69. The van der Waals surface area contributed by atoms with E-state index < -0.39 is 0 Å². The lowest BCUT2D eigenvalue weighted by Crippen LogP contribution is -2.18. The summed E-state index contributed by atoms with van der Waals surface area (Å²) >= 11 is 0. The van der Waals surface area contributed by atoms with E-state index in [0.717, 1.165) is 57.8 Å². The van der Waals surface area contributed by atoms with Gasteiger partial charge in [0.05, 0.1) is 6.61 Å². The van der Waals surface area contributed by atoms with Gasteiger partial charge in [-0.1, -0.05) is 161 Å². The maximum atomic E-state index is 12.6. The van der Waals surface area contributed by atoms with E-state index in [4.69, 9.17) is 9.47 Å². The highest BCUT2D eigenvalue weighted by atomic mass is 16.5. The lowest BCUT2D eigenvalue weighted by molar-refractivity contribution is -0.150. The van der Waals surface area contributed by atoms with Crippen molar-refractivity contribution in [2.24, 2.45) is 5.92 Å². The summed E-state index contributed by atoms with van der Waals surface area (Å²) in [5, 5.41) is 0. The molecule has 2 atom stereocenters. The minimum absolute atomic E-state index is 0.0130. The number of rotatable bonds is 37. The van der Waals surface area contributed by atoms with Gasteiger partial charge in [-0.3, -0.25) is 9.59 Å². The largest absolute Gasteiger partial charge is 0.465 e. The number of ether oxygens (including phenoxy) is 2. The topological polar surface area (TPSA) is 52.6 Å². The van der Waals surface area contributed by atoms with Crippen molar-refractivity contribution in [3.05, 3.63) is 24.3 Å². The van der Waals surface area contributed by atoms with Crippen molar-refractivity contribution < 1.29 is 19.1 Å². The smallest absolute Gasteiger partial charge is 0.306 e. The highest BCUT2D eigenvalue weighted by molar-refractivity contribution is 5.69. The van der Waals surface area contributed by atoms with Gasteiger partial charge in [0.25, 0.3) is 0 Å². The van der Waals surface area contributed by atoms with Crippen molar-refractivity contribution in [1.82, 2.24) is 0 Å². The van der Waals surface area contributed by atoms with E-state index in [1.165, 1.54) is 128 Å². The molecule has 0 radical (unpaired) electrons. The van der Waals surface area contributed by atoms with Crippen molar-refractivity contribution in [1.29, 1.82) is 0 Å². The third kappa shape index (κ3) is 34.3. The molecule has 0 aromatic rings. The summed E-state index contributed by atoms with van der Waals surface area (Å²) in [4.78, 5) is 24.7. The predicted octanol–water partition coefficient (Wildman–Crippen LogP) is 14.3. The van der Waals surface area contributed by atoms with Crippen molar-refractivity contribution >= 4 is 11.9 Å². The highest BCUT2D eigenvalue weighted by Crippen LogP contribution is 2.19.